The van der Waals surface area contributed by atoms with Crippen LogP contribution in [0.25, 0.3) is 23.3 Å². The van der Waals surface area contributed by atoms with E-state index >= 15 is 0 Å². The van der Waals surface area contributed by atoms with Crippen LogP contribution in [0.4, 0.5) is 4.39 Å². The first-order chi connectivity index (χ1) is 15.0. The molecule has 0 unspecified atom stereocenters. The second kappa shape index (κ2) is 11.0. The van der Waals surface area contributed by atoms with Gasteiger partial charge in [0.2, 0.25) is 0 Å². The summed E-state index contributed by atoms with van der Waals surface area (Å²) < 4.78 is 13.7. The van der Waals surface area contributed by atoms with Gasteiger partial charge in [-0.25, -0.2) is 4.39 Å². The number of benzene rings is 2. The van der Waals surface area contributed by atoms with E-state index in [1.54, 1.807) is 0 Å². The number of rotatable bonds is 9. The molecule has 2 nitrogen and oxygen atoms in total. The van der Waals surface area contributed by atoms with Crippen LogP contribution in [0.1, 0.15) is 74.0 Å². The molecule has 1 aromatic heterocycles. The topological polar surface area (TPSA) is 33.1 Å². The third-order valence-electron chi connectivity index (χ3n) is 5.56. The molecule has 0 saturated heterocycles. The number of aliphatic hydroxyl groups excluding tert-OH is 1. The van der Waals surface area contributed by atoms with Gasteiger partial charge in [0.25, 0.3) is 0 Å². The highest BCUT2D eigenvalue weighted by Gasteiger charge is 2.21. The van der Waals surface area contributed by atoms with Crippen LogP contribution >= 0.6 is 0 Å². The fourth-order valence-corrected chi connectivity index (χ4v) is 3.99. The Balaban J connectivity index is 2.24. The highest BCUT2D eigenvalue weighted by Crippen LogP contribution is 2.36. The van der Waals surface area contributed by atoms with Crippen molar-refractivity contribution in [2.45, 2.75) is 59.0 Å². The van der Waals surface area contributed by atoms with Gasteiger partial charge in [-0.3, -0.25) is 4.98 Å². The normalized spacial score (nSPS) is 11.5. The minimum atomic E-state index is -0.260. The van der Waals surface area contributed by atoms with Gasteiger partial charge in [0.1, 0.15) is 5.82 Å². The number of hydrogen-bond acceptors (Lipinski definition) is 2. The summed E-state index contributed by atoms with van der Waals surface area (Å²) in [7, 11) is 0. The number of hydrogen-bond donors (Lipinski definition) is 1. The van der Waals surface area contributed by atoms with Crippen molar-refractivity contribution >= 4 is 12.2 Å². The van der Waals surface area contributed by atoms with Crippen LogP contribution in [-0.2, 0) is 13.0 Å². The van der Waals surface area contributed by atoms with Crippen molar-refractivity contribution in [1.29, 1.82) is 0 Å². The Morgan fingerprint density at radius 1 is 0.935 bits per heavy atom. The van der Waals surface area contributed by atoms with Gasteiger partial charge in [0, 0.05) is 11.3 Å². The number of nitrogens with zero attached hydrogens (tertiary/aromatic N) is 1. The van der Waals surface area contributed by atoms with E-state index in [-0.39, 0.29) is 18.3 Å². The zero-order chi connectivity index (χ0) is 22.2. The highest BCUT2D eigenvalue weighted by atomic mass is 19.1. The van der Waals surface area contributed by atoms with Gasteiger partial charge in [-0.15, -0.1) is 0 Å². The molecule has 1 N–H and O–H groups in total. The van der Waals surface area contributed by atoms with Crippen LogP contribution in [0, 0.1) is 5.82 Å². The van der Waals surface area contributed by atoms with Gasteiger partial charge in [0.05, 0.1) is 12.3 Å². The van der Waals surface area contributed by atoms with Crippen LogP contribution in [0.2, 0.25) is 0 Å². The van der Waals surface area contributed by atoms with E-state index in [1.807, 2.05) is 30.3 Å². The van der Waals surface area contributed by atoms with Crippen molar-refractivity contribution in [1.82, 2.24) is 4.98 Å². The molecule has 3 heteroatoms. The minimum absolute atomic E-state index is 0.0866. The lowest BCUT2D eigenvalue weighted by Gasteiger charge is -2.22. The molecular weight excluding hydrogens is 385 g/mol. The standard InChI is InChI=1S/C28H32FNO/c1-4-5-7-12-24-26(18-13-21-10-8-6-9-11-21)30-28(20(2)3)25(19-31)27(24)22-14-16-23(29)17-15-22/h6,8-11,13-18,20,31H,4-5,7,12,19H2,1-3H3/b18-13+. The molecule has 0 spiro atoms. The van der Waals surface area contributed by atoms with E-state index in [4.69, 9.17) is 4.98 Å². The van der Waals surface area contributed by atoms with Crippen molar-refractivity contribution in [3.05, 3.63) is 88.5 Å². The molecular formula is C28H32FNO. The number of pyridine rings is 1. The summed E-state index contributed by atoms with van der Waals surface area (Å²) in [5, 5.41) is 10.3. The van der Waals surface area contributed by atoms with E-state index in [0.717, 1.165) is 64.9 Å². The Hall–Kier alpha value is -2.78. The van der Waals surface area contributed by atoms with Gasteiger partial charge in [0.15, 0.2) is 0 Å². The molecule has 0 radical (unpaired) electrons. The smallest absolute Gasteiger partial charge is 0.123 e. The Labute approximate surface area is 185 Å². The molecule has 31 heavy (non-hydrogen) atoms. The maximum absolute atomic E-state index is 13.7. The summed E-state index contributed by atoms with van der Waals surface area (Å²) in [4.78, 5) is 5.02. The summed E-state index contributed by atoms with van der Waals surface area (Å²) in [6.07, 6.45) is 8.34. The zero-order valence-corrected chi connectivity index (χ0v) is 18.7. The number of halogens is 1. The van der Waals surface area contributed by atoms with Crippen LogP contribution in [0.3, 0.4) is 0 Å². The monoisotopic (exact) mass is 417 g/mol. The van der Waals surface area contributed by atoms with E-state index in [9.17, 15) is 9.50 Å². The van der Waals surface area contributed by atoms with Gasteiger partial charge in [-0.1, -0.05) is 82.2 Å². The summed E-state index contributed by atoms with van der Waals surface area (Å²) in [5.74, 6) is -0.0981. The second-order valence-corrected chi connectivity index (χ2v) is 8.24. The quantitative estimate of drug-likeness (QED) is 0.368. The maximum Gasteiger partial charge on any atom is 0.123 e. The molecule has 0 aliphatic heterocycles. The van der Waals surface area contributed by atoms with Crippen LogP contribution < -0.4 is 0 Å². The van der Waals surface area contributed by atoms with E-state index < -0.39 is 0 Å². The van der Waals surface area contributed by atoms with Crippen molar-refractivity contribution in [2.75, 3.05) is 0 Å². The SMILES string of the molecule is CCCCCc1c(/C=C/c2ccccc2)nc(C(C)C)c(CO)c1-c1ccc(F)cc1. The van der Waals surface area contributed by atoms with Gasteiger partial charge >= 0.3 is 0 Å². The molecule has 3 aromatic rings. The molecule has 162 valence electrons. The van der Waals surface area contributed by atoms with Crippen LogP contribution in [0.15, 0.2) is 54.6 Å². The molecule has 1 heterocycles. The number of unbranched alkanes of at least 4 members (excludes halogenated alkanes) is 2. The first-order valence-corrected chi connectivity index (χ1v) is 11.2. The molecule has 2 aromatic carbocycles. The summed E-state index contributed by atoms with van der Waals surface area (Å²) in [6.45, 7) is 6.29. The zero-order valence-electron chi connectivity index (χ0n) is 18.7. The Morgan fingerprint density at radius 3 is 2.26 bits per heavy atom. The van der Waals surface area contributed by atoms with E-state index in [0.29, 0.717) is 0 Å². The van der Waals surface area contributed by atoms with Crippen molar-refractivity contribution < 1.29 is 9.50 Å². The molecule has 0 atom stereocenters. The number of aromatic nitrogens is 1. The summed E-state index contributed by atoms with van der Waals surface area (Å²) >= 11 is 0. The van der Waals surface area contributed by atoms with Crippen molar-refractivity contribution in [3.63, 3.8) is 0 Å². The number of aliphatic hydroxyl groups is 1. The fraction of sp³-hybridized carbons (Fsp3) is 0.321. The first-order valence-electron chi connectivity index (χ1n) is 11.2. The van der Waals surface area contributed by atoms with Crippen molar-refractivity contribution in [2.24, 2.45) is 0 Å². The Bertz CT molecular complexity index is 1010. The fourth-order valence-electron chi connectivity index (χ4n) is 3.99. The lowest BCUT2D eigenvalue weighted by Crippen LogP contribution is -2.09. The average Bonchev–Trinajstić information content (AvgIpc) is 2.78. The Morgan fingerprint density at radius 2 is 1.65 bits per heavy atom. The average molecular weight is 418 g/mol. The van der Waals surface area contributed by atoms with Gasteiger partial charge < -0.3 is 5.11 Å². The molecule has 0 bridgehead atoms. The molecule has 0 fully saturated rings. The van der Waals surface area contributed by atoms with E-state index in [1.165, 1.54) is 12.1 Å². The lowest BCUT2D eigenvalue weighted by atomic mass is 9.87. The largest absolute Gasteiger partial charge is 0.392 e. The third-order valence-corrected chi connectivity index (χ3v) is 5.56. The summed E-state index contributed by atoms with van der Waals surface area (Å²) in [6, 6.07) is 16.8. The predicted octanol–water partition coefficient (Wildman–Crippen LogP) is 7.41. The summed E-state index contributed by atoms with van der Waals surface area (Å²) in [5.41, 5.74) is 6.85. The minimum Gasteiger partial charge on any atom is -0.392 e. The van der Waals surface area contributed by atoms with E-state index in [2.05, 4.69) is 45.1 Å². The molecule has 3 rings (SSSR count). The molecule has 0 aliphatic carbocycles. The molecule has 0 saturated carbocycles. The van der Waals surface area contributed by atoms with Crippen LogP contribution in [-0.4, -0.2) is 10.1 Å². The third kappa shape index (κ3) is 5.68. The molecule has 0 amide bonds. The van der Waals surface area contributed by atoms with Gasteiger partial charge in [-0.05, 0) is 59.2 Å². The van der Waals surface area contributed by atoms with Gasteiger partial charge in [-0.2, -0.15) is 0 Å². The van der Waals surface area contributed by atoms with Crippen molar-refractivity contribution in [3.8, 4) is 11.1 Å². The molecule has 0 aliphatic rings. The maximum atomic E-state index is 13.7. The predicted molar refractivity (Wildman–Crippen MR) is 128 cm³/mol. The second-order valence-electron chi connectivity index (χ2n) is 8.24. The lowest BCUT2D eigenvalue weighted by molar-refractivity contribution is 0.280. The highest BCUT2D eigenvalue weighted by molar-refractivity contribution is 5.79. The Kier molecular flexibility index (Phi) is 8.13. The van der Waals surface area contributed by atoms with Crippen LogP contribution in [0.5, 0.6) is 0 Å². The first kappa shape index (κ1) is 22.9.